The lowest BCUT2D eigenvalue weighted by atomic mass is 10.1. The van der Waals surface area contributed by atoms with E-state index in [0.29, 0.717) is 25.3 Å². The van der Waals surface area contributed by atoms with Gasteiger partial charge in [-0.05, 0) is 18.9 Å². The Morgan fingerprint density at radius 2 is 1.33 bits per heavy atom. The number of nitrogens with one attached hydrogen (secondary N) is 1. The minimum Gasteiger partial charge on any atom is -0.349 e. The van der Waals surface area contributed by atoms with Gasteiger partial charge in [-0.1, -0.05) is 58.3 Å². The minimum atomic E-state index is -2.56. The highest BCUT2D eigenvalue weighted by Gasteiger charge is 2.23. The number of carbonyl (C=O) groups excluding carboxylic acids is 2. The molecule has 1 N–H and O–H groups in total. The Balaban J connectivity index is 3.43. The number of hydrogen-bond donors (Lipinski definition) is 1. The maximum absolute atomic E-state index is 11.7. The molecule has 0 unspecified atom stereocenters. The molecular weight excluding hydrogens is 385 g/mol. The standard InChI is InChI=1S/C17H32Cl3NO2Si/c1-2-3-4-5-6-7-8-9-13-17(23)21-15-16(22)12-10-11-14-24(18,19)20/h2-15H2,1H3,(H,21,23). The van der Waals surface area contributed by atoms with E-state index in [4.69, 9.17) is 33.2 Å². The van der Waals surface area contributed by atoms with Crippen molar-refractivity contribution in [3.8, 4) is 0 Å². The highest BCUT2D eigenvalue weighted by molar-refractivity contribution is 7.64. The molecule has 0 atom stereocenters. The second-order valence-corrected chi connectivity index (χ2v) is 15.6. The van der Waals surface area contributed by atoms with Crippen LogP contribution in [0, 0.1) is 0 Å². The lowest BCUT2D eigenvalue weighted by Crippen LogP contribution is -2.29. The van der Waals surface area contributed by atoms with Crippen LogP contribution in [0.4, 0.5) is 0 Å². The molecule has 0 fully saturated rings. The van der Waals surface area contributed by atoms with Gasteiger partial charge in [0, 0.05) is 12.8 Å². The Morgan fingerprint density at radius 3 is 1.92 bits per heavy atom. The van der Waals surface area contributed by atoms with Crippen LogP contribution in [0.15, 0.2) is 0 Å². The van der Waals surface area contributed by atoms with Crippen molar-refractivity contribution in [3.63, 3.8) is 0 Å². The van der Waals surface area contributed by atoms with E-state index >= 15 is 0 Å². The Bertz CT molecular complexity index is 349. The molecule has 0 saturated carbocycles. The average Bonchev–Trinajstić information content (AvgIpc) is 2.51. The molecule has 0 spiro atoms. The number of Topliss-reactive ketones (excluding diaryl/α,β-unsaturated/α-hetero) is 1. The van der Waals surface area contributed by atoms with Crippen molar-refractivity contribution in [3.05, 3.63) is 0 Å². The van der Waals surface area contributed by atoms with Crippen LogP contribution in [0.5, 0.6) is 0 Å². The predicted octanol–water partition coefficient (Wildman–Crippen LogP) is 6.03. The largest absolute Gasteiger partial charge is 0.349 e. The van der Waals surface area contributed by atoms with Crippen LogP contribution in [0.3, 0.4) is 0 Å². The zero-order chi connectivity index (χ0) is 18.3. The summed E-state index contributed by atoms with van der Waals surface area (Å²) < 4.78 is 0. The van der Waals surface area contributed by atoms with Crippen LogP contribution >= 0.6 is 33.2 Å². The van der Waals surface area contributed by atoms with Gasteiger partial charge in [0.15, 0.2) is 5.78 Å². The van der Waals surface area contributed by atoms with Crippen LogP contribution in [0.1, 0.15) is 84.0 Å². The van der Waals surface area contributed by atoms with Crippen molar-refractivity contribution in [2.75, 3.05) is 6.54 Å². The molecule has 0 aliphatic heterocycles. The molecule has 0 aliphatic rings. The summed E-state index contributed by atoms with van der Waals surface area (Å²) in [6, 6.07) is -1.98. The Hall–Kier alpha value is 0.227. The molecule has 0 aromatic heterocycles. The summed E-state index contributed by atoms with van der Waals surface area (Å²) in [7, 11) is 0. The van der Waals surface area contributed by atoms with Crippen LogP contribution < -0.4 is 5.32 Å². The highest BCUT2D eigenvalue weighted by atomic mass is 35.8. The van der Waals surface area contributed by atoms with Gasteiger partial charge in [-0.25, -0.2) is 0 Å². The first-order valence-corrected chi connectivity index (χ1v) is 14.4. The molecule has 0 rings (SSSR count). The zero-order valence-electron chi connectivity index (χ0n) is 14.8. The lowest BCUT2D eigenvalue weighted by Gasteiger charge is -2.07. The average molecular weight is 417 g/mol. The molecule has 0 saturated heterocycles. The Kier molecular flexibility index (Phi) is 15.6. The van der Waals surface area contributed by atoms with Gasteiger partial charge >= 0.3 is 6.00 Å². The molecule has 3 nitrogen and oxygen atoms in total. The Labute approximate surface area is 162 Å². The normalized spacial score (nSPS) is 11.5. The first-order valence-electron chi connectivity index (χ1n) is 9.20. The molecule has 0 aromatic rings. The van der Waals surface area contributed by atoms with E-state index in [1.165, 1.54) is 38.5 Å². The molecule has 0 radical (unpaired) electrons. The number of amides is 1. The van der Waals surface area contributed by atoms with Crippen molar-refractivity contribution < 1.29 is 9.59 Å². The molecule has 0 aromatic carbocycles. The van der Waals surface area contributed by atoms with E-state index in [1.807, 2.05) is 0 Å². The second-order valence-electron chi connectivity index (χ2n) is 6.36. The van der Waals surface area contributed by atoms with Crippen molar-refractivity contribution in [1.82, 2.24) is 5.32 Å². The zero-order valence-corrected chi connectivity index (χ0v) is 18.1. The number of halogens is 3. The number of ketones is 1. The van der Waals surface area contributed by atoms with Gasteiger partial charge in [0.05, 0.1) is 6.54 Å². The first-order chi connectivity index (χ1) is 11.3. The molecule has 0 heterocycles. The summed E-state index contributed by atoms with van der Waals surface area (Å²) in [5.41, 5.74) is 0. The maximum Gasteiger partial charge on any atom is 0.341 e. The van der Waals surface area contributed by atoms with Crippen molar-refractivity contribution in [2.45, 2.75) is 90.0 Å². The Morgan fingerprint density at radius 1 is 0.792 bits per heavy atom. The molecule has 1 amide bonds. The van der Waals surface area contributed by atoms with Crippen molar-refractivity contribution in [1.29, 1.82) is 0 Å². The van der Waals surface area contributed by atoms with Crippen LogP contribution in [0.25, 0.3) is 0 Å². The van der Waals surface area contributed by atoms with E-state index in [1.54, 1.807) is 0 Å². The summed E-state index contributed by atoms with van der Waals surface area (Å²) in [5.74, 6) is 0.0216. The fourth-order valence-electron chi connectivity index (χ4n) is 2.44. The van der Waals surface area contributed by atoms with Crippen molar-refractivity contribution in [2.24, 2.45) is 0 Å². The van der Waals surface area contributed by atoms with E-state index < -0.39 is 6.00 Å². The summed E-state index contributed by atoms with van der Waals surface area (Å²) in [6.07, 6.45) is 12.1. The fourth-order valence-corrected chi connectivity index (χ4v) is 4.29. The molecule has 24 heavy (non-hydrogen) atoms. The van der Waals surface area contributed by atoms with Gasteiger partial charge in [0.1, 0.15) is 0 Å². The summed E-state index contributed by atoms with van der Waals surface area (Å²) >= 11 is 17.3. The fraction of sp³-hybridized carbons (Fsp3) is 0.882. The van der Waals surface area contributed by atoms with Crippen LogP contribution in [0.2, 0.25) is 6.04 Å². The quantitative estimate of drug-likeness (QED) is 0.190. The molecule has 7 heteroatoms. The monoisotopic (exact) mass is 415 g/mol. The highest BCUT2D eigenvalue weighted by Crippen LogP contribution is 2.27. The predicted molar refractivity (Wildman–Crippen MR) is 107 cm³/mol. The third-order valence-corrected chi connectivity index (χ3v) is 6.53. The number of carbonyl (C=O) groups is 2. The summed E-state index contributed by atoms with van der Waals surface area (Å²) in [5, 5.41) is 2.70. The minimum absolute atomic E-state index is 0.0250. The van der Waals surface area contributed by atoms with Gasteiger partial charge in [0.25, 0.3) is 0 Å². The number of hydrogen-bond acceptors (Lipinski definition) is 2. The molecular formula is C17H32Cl3NO2Si. The molecule has 142 valence electrons. The number of rotatable bonds is 16. The molecule has 0 bridgehead atoms. The van der Waals surface area contributed by atoms with E-state index in [-0.39, 0.29) is 18.2 Å². The molecule has 0 aliphatic carbocycles. The van der Waals surface area contributed by atoms with Crippen molar-refractivity contribution >= 4 is 50.9 Å². The number of unbranched alkanes of at least 4 members (excludes halogenated alkanes) is 8. The van der Waals surface area contributed by atoms with Gasteiger partial charge < -0.3 is 5.32 Å². The third-order valence-electron chi connectivity index (χ3n) is 3.91. The maximum atomic E-state index is 11.7. The smallest absolute Gasteiger partial charge is 0.341 e. The lowest BCUT2D eigenvalue weighted by molar-refractivity contribution is -0.125. The van der Waals surface area contributed by atoms with Gasteiger partial charge in [-0.3, -0.25) is 9.59 Å². The third kappa shape index (κ3) is 18.6. The topological polar surface area (TPSA) is 46.2 Å². The van der Waals surface area contributed by atoms with Crippen LogP contribution in [-0.4, -0.2) is 24.2 Å². The second kappa shape index (κ2) is 15.5. The van der Waals surface area contributed by atoms with E-state index in [0.717, 1.165) is 19.3 Å². The first kappa shape index (κ1) is 24.2. The van der Waals surface area contributed by atoms with Gasteiger partial charge in [-0.2, -0.15) is 0 Å². The summed E-state index contributed by atoms with van der Waals surface area (Å²) in [4.78, 5) is 23.3. The van der Waals surface area contributed by atoms with E-state index in [2.05, 4.69) is 12.2 Å². The summed E-state index contributed by atoms with van der Waals surface area (Å²) in [6.45, 7) is 2.34. The van der Waals surface area contributed by atoms with Gasteiger partial charge in [0.2, 0.25) is 5.91 Å². The SMILES string of the molecule is CCCCCCCCCCC(=O)NCC(=O)CCCC[Si](Cl)(Cl)Cl. The van der Waals surface area contributed by atoms with E-state index in [9.17, 15) is 9.59 Å². The van der Waals surface area contributed by atoms with Gasteiger partial charge in [-0.15, -0.1) is 33.2 Å². The van der Waals surface area contributed by atoms with Crippen LogP contribution in [-0.2, 0) is 9.59 Å².